The van der Waals surface area contributed by atoms with E-state index in [4.69, 9.17) is 4.98 Å². The molecule has 3 rings (SSSR count). The fourth-order valence-electron chi connectivity index (χ4n) is 2.16. The van der Waals surface area contributed by atoms with Crippen LogP contribution in [-0.4, -0.2) is 24.1 Å². The summed E-state index contributed by atoms with van der Waals surface area (Å²) >= 11 is 0. The molecule has 0 radical (unpaired) electrons. The van der Waals surface area contributed by atoms with Gasteiger partial charge in [0.25, 0.3) is 0 Å². The lowest BCUT2D eigenvalue weighted by molar-refractivity contribution is 0.343. The van der Waals surface area contributed by atoms with Crippen molar-refractivity contribution in [3.05, 3.63) is 48.0 Å². The van der Waals surface area contributed by atoms with Crippen LogP contribution in [0.5, 0.6) is 0 Å². The summed E-state index contributed by atoms with van der Waals surface area (Å²) in [5.41, 5.74) is 3.49. The van der Waals surface area contributed by atoms with E-state index in [0.29, 0.717) is 0 Å². The summed E-state index contributed by atoms with van der Waals surface area (Å²) in [4.78, 5) is 4.74. The van der Waals surface area contributed by atoms with Gasteiger partial charge >= 0.3 is 0 Å². The second-order valence-corrected chi connectivity index (χ2v) is 4.38. The van der Waals surface area contributed by atoms with Crippen LogP contribution < -0.4 is 5.01 Å². The molecule has 1 aromatic carbocycles. The van der Waals surface area contributed by atoms with Gasteiger partial charge in [-0.05, 0) is 6.07 Å². The Bertz CT molecular complexity index is 536. The molecule has 0 saturated heterocycles. The Labute approximate surface area is 101 Å². The molecule has 0 atom stereocenters. The molecule has 0 aliphatic carbocycles. The van der Waals surface area contributed by atoms with Gasteiger partial charge in [-0.1, -0.05) is 36.4 Å². The quantitative estimate of drug-likeness (QED) is 0.743. The first kappa shape index (κ1) is 10.3. The lowest BCUT2D eigenvalue weighted by Gasteiger charge is -2.20. The molecule has 86 valence electrons. The van der Waals surface area contributed by atoms with Crippen LogP contribution in [0.25, 0.3) is 11.3 Å². The third-order valence-electron chi connectivity index (χ3n) is 3.24. The van der Waals surface area contributed by atoms with Crippen LogP contribution in [-0.2, 0) is 6.54 Å². The van der Waals surface area contributed by atoms with Gasteiger partial charge in [-0.3, -0.25) is 5.01 Å². The van der Waals surface area contributed by atoms with Gasteiger partial charge in [-0.15, -0.1) is 0 Å². The zero-order valence-corrected chi connectivity index (χ0v) is 10.1. The Kier molecular flexibility index (Phi) is 2.34. The maximum atomic E-state index is 4.74. The van der Waals surface area contributed by atoms with Gasteiger partial charge in [0.1, 0.15) is 5.82 Å². The predicted octanol–water partition coefficient (Wildman–Crippen LogP) is 2.55. The first-order valence-corrected chi connectivity index (χ1v) is 5.76. The summed E-state index contributed by atoms with van der Waals surface area (Å²) in [6, 6.07) is 14.6. The second kappa shape index (κ2) is 3.86. The van der Waals surface area contributed by atoms with Crippen LogP contribution in [0.2, 0.25) is 0 Å². The van der Waals surface area contributed by atoms with Crippen LogP contribution >= 0.6 is 0 Å². The summed E-state index contributed by atoms with van der Waals surface area (Å²) in [7, 11) is 4.12. The zero-order valence-electron chi connectivity index (χ0n) is 10.1. The highest BCUT2D eigenvalue weighted by Crippen LogP contribution is 2.29. The minimum atomic E-state index is 0.938. The van der Waals surface area contributed by atoms with E-state index < -0.39 is 0 Å². The number of nitrogens with zero attached hydrogens (tertiary/aromatic N) is 3. The molecule has 1 aliphatic heterocycles. The number of rotatable bonds is 1. The van der Waals surface area contributed by atoms with Gasteiger partial charge in [0.05, 0.1) is 5.69 Å². The molecule has 3 nitrogen and oxygen atoms in total. The van der Waals surface area contributed by atoms with E-state index in [0.717, 1.165) is 18.1 Å². The van der Waals surface area contributed by atoms with Gasteiger partial charge in [0.15, 0.2) is 0 Å². The van der Waals surface area contributed by atoms with E-state index in [9.17, 15) is 0 Å². The standard InChI is InChI=1S/C14H15N3/c1-16-10-12-8-9-13(15-14(12)17(16)2)11-6-4-3-5-7-11/h3-9H,10H2,1-2H3. The Morgan fingerprint density at radius 1 is 1.00 bits per heavy atom. The molecule has 3 heteroatoms. The zero-order chi connectivity index (χ0) is 11.8. The molecule has 1 aliphatic rings. The van der Waals surface area contributed by atoms with Crippen LogP contribution in [0.3, 0.4) is 0 Å². The Morgan fingerprint density at radius 3 is 2.53 bits per heavy atom. The fourth-order valence-corrected chi connectivity index (χ4v) is 2.16. The molecule has 0 spiro atoms. The molecule has 2 heterocycles. The van der Waals surface area contributed by atoms with Crippen molar-refractivity contribution in [1.82, 2.24) is 9.99 Å². The number of hydrogen-bond acceptors (Lipinski definition) is 3. The van der Waals surface area contributed by atoms with E-state index in [-0.39, 0.29) is 0 Å². The molecule has 0 amide bonds. The lowest BCUT2D eigenvalue weighted by atomic mass is 10.1. The lowest BCUT2D eigenvalue weighted by Crippen LogP contribution is -2.30. The average molecular weight is 225 g/mol. The summed E-state index contributed by atoms with van der Waals surface area (Å²) in [5, 5.41) is 4.26. The predicted molar refractivity (Wildman–Crippen MR) is 69.5 cm³/mol. The smallest absolute Gasteiger partial charge is 0.147 e. The van der Waals surface area contributed by atoms with Crippen molar-refractivity contribution in [2.75, 3.05) is 19.1 Å². The van der Waals surface area contributed by atoms with Gasteiger partial charge in [0, 0.05) is 31.8 Å². The third-order valence-corrected chi connectivity index (χ3v) is 3.24. The van der Waals surface area contributed by atoms with Gasteiger partial charge in [0.2, 0.25) is 0 Å². The minimum absolute atomic E-state index is 0.938. The maximum absolute atomic E-state index is 4.74. The fraction of sp³-hybridized carbons (Fsp3) is 0.214. The van der Waals surface area contributed by atoms with Crippen molar-refractivity contribution in [2.45, 2.75) is 6.54 Å². The van der Waals surface area contributed by atoms with E-state index in [1.165, 1.54) is 11.1 Å². The van der Waals surface area contributed by atoms with Crippen molar-refractivity contribution in [3.63, 3.8) is 0 Å². The first-order valence-electron chi connectivity index (χ1n) is 5.76. The van der Waals surface area contributed by atoms with Gasteiger partial charge in [-0.25, -0.2) is 9.99 Å². The number of hydrazine groups is 1. The first-order chi connectivity index (χ1) is 8.25. The molecule has 0 fully saturated rings. The number of benzene rings is 1. The molecule has 1 aromatic heterocycles. The van der Waals surface area contributed by atoms with Crippen molar-refractivity contribution >= 4 is 5.82 Å². The maximum Gasteiger partial charge on any atom is 0.147 e. The number of aromatic nitrogens is 1. The van der Waals surface area contributed by atoms with E-state index in [1.54, 1.807) is 0 Å². The molecule has 17 heavy (non-hydrogen) atoms. The summed E-state index contributed by atoms with van der Waals surface area (Å²) in [6.45, 7) is 0.938. The molecular weight excluding hydrogens is 210 g/mol. The van der Waals surface area contributed by atoms with Gasteiger partial charge in [-0.2, -0.15) is 0 Å². The van der Waals surface area contributed by atoms with Crippen molar-refractivity contribution in [3.8, 4) is 11.3 Å². The van der Waals surface area contributed by atoms with Crippen molar-refractivity contribution in [2.24, 2.45) is 0 Å². The monoisotopic (exact) mass is 225 g/mol. The van der Waals surface area contributed by atoms with Crippen LogP contribution in [0.1, 0.15) is 5.56 Å². The summed E-state index contributed by atoms with van der Waals surface area (Å²) < 4.78 is 0. The molecule has 0 bridgehead atoms. The van der Waals surface area contributed by atoms with Crippen LogP contribution in [0, 0.1) is 0 Å². The highest BCUT2D eigenvalue weighted by Gasteiger charge is 2.22. The molecular formula is C14H15N3. The second-order valence-electron chi connectivity index (χ2n) is 4.38. The Hall–Kier alpha value is -1.87. The highest BCUT2D eigenvalue weighted by atomic mass is 15.6. The molecule has 0 saturated carbocycles. The van der Waals surface area contributed by atoms with E-state index in [1.807, 2.05) is 25.2 Å². The summed E-state index contributed by atoms with van der Waals surface area (Å²) in [5.74, 6) is 1.06. The SMILES string of the molecule is CN1Cc2ccc(-c3ccccc3)nc2N1C. The molecule has 0 N–H and O–H groups in total. The minimum Gasteiger partial charge on any atom is -0.292 e. The van der Waals surface area contributed by atoms with Crippen molar-refractivity contribution in [1.29, 1.82) is 0 Å². The molecule has 0 unspecified atom stereocenters. The number of pyridine rings is 1. The Morgan fingerprint density at radius 2 is 1.76 bits per heavy atom. The summed E-state index contributed by atoms with van der Waals surface area (Å²) in [6.07, 6.45) is 0. The average Bonchev–Trinajstić information content (AvgIpc) is 2.66. The van der Waals surface area contributed by atoms with Crippen molar-refractivity contribution < 1.29 is 0 Å². The Balaban J connectivity index is 2.06. The normalized spacial score (nSPS) is 15.1. The van der Waals surface area contributed by atoms with E-state index >= 15 is 0 Å². The van der Waals surface area contributed by atoms with Gasteiger partial charge < -0.3 is 0 Å². The van der Waals surface area contributed by atoms with E-state index in [2.05, 4.69) is 41.3 Å². The topological polar surface area (TPSA) is 19.4 Å². The van der Waals surface area contributed by atoms with Crippen LogP contribution in [0.4, 0.5) is 5.82 Å². The largest absolute Gasteiger partial charge is 0.292 e. The molecule has 2 aromatic rings. The number of hydrogen-bond donors (Lipinski definition) is 0. The van der Waals surface area contributed by atoms with Crippen LogP contribution in [0.15, 0.2) is 42.5 Å². The highest BCUT2D eigenvalue weighted by molar-refractivity contribution is 5.63. The number of anilines is 1. The number of fused-ring (bicyclic) bond motifs is 1. The third kappa shape index (κ3) is 1.68.